The van der Waals surface area contributed by atoms with Crippen LogP contribution in [0.15, 0.2) is 141 Å². The second-order valence-electron chi connectivity index (χ2n) is 13.2. The number of halogens is 4. The van der Waals surface area contributed by atoms with Gasteiger partial charge in [0.25, 0.3) is 11.1 Å². The number of benzene rings is 5. The van der Waals surface area contributed by atoms with Crippen molar-refractivity contribution in [3.8, 4) is 35.1 Å². The number of fused-ring (bicyclic) bond motifs is 2. The summed E-state index contributed by atoms with van der Waals surface area (Å²) in [4.78, 5) is 55.1. The molecule has 0 unspecified atom stereocenters. The van der Waals surface area contributed by atoms with Crippen molar-refractivity contribution >= 4 is 21.9 Å². The van der Waals surface area contributed by atoms with Gasteiger partial charge in [0.2, 0.25) is 0 Å². The maximum absolute atomic E-state index is 14.9. The maximum Gasteiger partial charge on any atom is 0.337 e. The van der Waals surface area contributed by atoms with Crippen LogP contribution in [0.25, 0.3) is 33.3 Å². The first-order valence-corrected chi connectivity index (χ1v) is 17.8. The van der Waals surface area contributed by atoms with Gasteiger partial charge in [0.15, 0.2) is 23.3 Å². The van der Waals surface area contributed by atoms with E-state index in [0.29, 0.717) is 25.8 Å². The minimum Gasteiger partial charge on any atom is -0.296 e. The molecule has 0 saturated carbocycles. The normalized spacial score (nSPS) is 10.6. The monoisotopic (exact) mass is 791 g/mol. The summed E-state index contributed by atoms with van der Waals surface area (Å²) in [7, 11) is 2.83. The van der Waals surface area contributed by atoms with Gasteiger partial charge in [-0.15, -0.1) is 0 Å². The second-order valence-corrected chi connectivity index (χ2v) is 13.2. The Bertz CT molecular complexity index is 3310. The van der Waals surface area contributed by atoms with Crippen LogP contribution in [0.2, 0.25) is 0 Å². The fraction of sp³-hybridized carbons (Fsp3) is 0.0652. The quantitative estimate of drug-likeness (QED) is 0.148. The van der Waals surface area contributed by atoms with E-state index in [1.165, 1.54) is 37.0 Å². The van der Waals surface area contributed by atoms with E-state index >= 15 is 0 Å². The third kappa shape index (κ3) is 7.73. The molecule has 0 spiro atoms. The van der Waals surface area contributed by atoms with Gasteiger partial charge in [-0.25, -0.2) is 41.3 Å². The molecule has 3 aromatic heterocycles. The van der Waals surface area contributed by atoms with Crippen LogP contribution >= 0.6 is 0 Å². The highest BCUT2D eigenvalue weighted by Gasteiger charge is 2.22. The van der Waals surface area contributed by atoms with Gasteiger partial charge in [0.1, 0.15) is 17.0 Å². The summed E-state index contributed by atoms with van der Waals surface area (Å²) in [5, 5.41) is 0.260. The van der Waals surface area contributed by atoms with Crippen molar-refractivity contribution < 1.29 is 17.6 Å². The molecule has 0 aliphatic rings. The number of rotatable bonds is 2. The van der Waals surface area contributed by atoms with Gasteiger partial charge < -0.3 is 0 Å². The zero-order valence-corrected chi connectivity index (χ0v) is 31.4. The molecule has 0 bridgehead atoms. The summed E-state index contributed by atoms with van der Waals surface area (Å²) in [5.74, 6) is 6.78. The zero-order chi connectivity index (χ0) is 42.0. The Balaban J connectivity index is 0.000000179. The summed E-state index contributed by atoms with van der Waals surface area (Å²) >= 11 is 0. The lowest BCUT2D eigenvalue weighted by Crippen LogP contribution is -2.39. The van der Waals surface area contributed by atoms with Gasteiger partial charge in [0.05, 0.1) is 16.3 Å². The fourth-order valence-corrected chi connectivity index (χ4v) is 6.27. The van der Waals surface area contributed by atoms with Crippen molar-refractivity contribution in [1.29, 1.82) is 0 Å². The molecule has 0 amide bonds. The minimum absolute atomic E-state index is 0.0707. The summed E-state index contributed by atoms with van der Waals surface area (Å²) in [5.41, 5.74) is -1.89. The molecular weight excluding hydrogens is 763 g/mol. The predicted molar refractivity (Wildman–Crippen MR) is 217 cm³/mol. The first-order chi connectivity index (χ1) is 28.3. The third-order valence-corrected chi connectivity index (χ3v) is 9.17. The number of aryl methyl sites for hydroxylation is 3. The van der Waals surface area contributed by atoms with Crippen LogP contribution in [-0.2, 0) is 14.1 Å². The summed E-state index contributed by atoms with van der Waals surface area (Å²) in [6.45, 7) is 1.82. The second kappa shape index (κ2) is 16.2. The average molecular weight is 792 g/mol. The van der Waals surface area contributed by atoms with Gasteiger partial charge >= 0.3 is 11.4 Å². The molecule has 0 saturated heterocycles. The molecule has 8 aromatic rings. The van der Waals surface area contributed by atoms with Crippen LogP contribution in [0, 0.1) is 53.9 Å². The summed E-state index contributed by atoms with van der Waals surface area (Å²) in [6.07, 6.45) is 1.42. The van der Waals surface area contributed by atoms with E-state index in [9.17, 15) is 36.7 Å². The van der Waals surface area contributed by atoms with Gasteiger partial charge in [-0.05, 0) is 85.3 Å². The maximum atomic E-state index is 14.9. The van der Waals surface area contributed by atoms with Gasteiger partial charge in [-0.3, -0.25) is 18.7 Å². The van der Waals surface area contributed by atoms with E-state index in [4.69, 9.17) is 0 Å². The molecule has 0 aliphatic carbocycles. The number of hydrogen-bond donors (Lipinski definition) is 0. The molecule has 8 rings (SSSR count). The van der Waals surface area contributed by atoms with Crippen molar-refractivity contribution in [2.24, 2.45) is 14.1 Å². The third-order valence-electron chi connectivity index (χ3n) is 9.17. The standard InChI is InChI=1S/C24H16F2N2O2.C22H13F2N3O2/c1-15-8-11-18-21(12-15)27(2)24(30)28(23(18)29)22-19(25)13-17(14-20(22)26)10-9-16-6-4-3-5-7-16;1-26-20-16(8-5-11-25-20)21(28)27(22(26)29)19-17(23)12-15(13-18(19)24)10-9-14-6-3-2-4-7-14/h3-8,11-14H,1-2H3;2-8,11-13H,1H3. The Morgan fingerprint density at radius 1 is 0.492 bits per heavy atom. The molecule has 0 fully saturated rings. The smallest absolute Gasteiger partial charge is 0.296 e. The number of aromatic nitrogens is 5. The van der Waals surface area contributed by atoms with Crippen LogP contribution in [0.3, 0.4) is 0 Å². The topological polar surface area (TPSA) is 101 Å². The average Bonchev–Trinajstić information content (AvgIpc) is 3.23. The highest BCUT2D eigenvalue weighted by molar-refractivity contribution is 5.79. The Morgan fingerprint density at radius 3 is 1.42 bits per heavy atom. The van der Waals surface area contributed by atoms with E-state index < -0.39 is 57.1 Å². The van der Waals surface area contributed by atoms with Crippen molar-refractivity contribution in [2.45, 2.75) is 6.92 Å². The fourth-order valence-electron chi connectivity index (χ4n) is 6.27. The largest absolute Gasteiger partial charge is 0.337 e. The lowest BCUT2D eigenvalue weighted by molar-refractivity contribution is 0.558. The molecule has 0 radical (unpaired) electrons. The molecular formula is C46H29F4N5O4. The molecule has 290 valence electrons. The van der Waals surface area contributed by atoms with Crippen molar-refractivity contribution in [2.75, 3.05) is 0 Å². The Morgan fingerprint density at radius 2 is 0.932 bits per heavy atom. The van der Waals surface area contributed by atoms with Gasteiger partial charge in [-0.2, -0.15) is 0 Å². The summed E-state index contributed by atoms with van der Waals surface area (Å²) < 4.78 is 62.6. The van der Waals surface area contributed by atoms with Crippen LogP contribution < -0.4 is 22.5 Å². The van der Waals surface area contributed by atoms with Crippen molar-refractivity contribution in [3.63, 3.8) is 0 Å². The van der Waals surface area contributed by atoms with Crippen LogP contribution in [-0.4, -0.2) is 23.3 Å². The Hall–Kier alpha value is -8.03. The highest BCUT2D eigenvalue weighted by atomic mass is 19.1. The number of pyridine rings is 1. The lowest BCUT2D eigenvalue weighted by atomic mass is 10.1. The number of nitrogens with zero attached hydrogens (tertiary/aromatic N) is 5. The molecule has 13 heteroatoms. The molecule has 5 aromatic carbocycles. The Kier molecular flexibility index (Phi) is 10.8. The predicted octanol–water partition coefficient (Wildman–Crippen LogP) is 6.44. The van der Waals surface area contributed by atoms with Crippen LogP contribution in [0.1, 0.15) is 27.8 Å². The van der Waals surface area contributed by atoms with E-state index in [1.807, 2.05) is 19.1 Å². The first-order valence-electron chi connectivity index (χ1n) is 17.8. The first kappa shape index (κ1) is 39.2. The molecule has 3 heterocycles. The molecule has 0 aliphatic heterocycles. The van der Waals surface area contributed by atoms with E-state index in [2.05, 4.69) is 28.7 Å². The lowest BCUT2D eigenvalue weighted by Gasteiger charge is -2.13. The van der Waals surface area contributed by atoms with Gasteiger partial charge in [-0.1, -0.05) is 66.1 Å². The molecule has 0 atom stereocenters. The summed E-state index contributed by atoms with van der Waals surface area (Å²) in [6, 6.07) is 29.8. The molecule has 9 nitrogen and oxygen atoms in total. The Labute approximate surface area is 332 Å². The highest BCUT2D eigenvalue weighted by Crippen LogP contribution is 2.20. The molecule has 59 heavy (non-hydrogen) atoms. The van der Waals surface area contributed by atoms with Crippen LogP contribution in [0.4, 0.5) is 17.6 Å². The zero-order valence-electron chi connectivity index (χ0n) is 31.4. The van der Waals surface area contributed by atoms with Gasteiger partial charge in [0, 0.05) is 42.5 Å². The van der Waals surface area contributed by atoms with E-state index in [-0.39, 0.29) is 27.5 Å². The van der Waals surface area contributed by atoms with E-state index in [0.717, 1.165) is 34.4 Å². The SMILES string of the molecule is Cc1ccc2c(=O)n(-c3c(F)cc(C#Cc4ccccc4)cc3F)c(=O)n(C)c2c1.Cn1c(=O)n(-c2c(F)cc(C#Cc3ccccc3)cc2F)c(=O)c2cccnc21. The molecule has 0 N–H and O–H groups in total. The minimum atomic E-state index is -1.06. The van der Waals surface area contributed by atoms with Crippen molar-refractivity contribution in [1.82, 2.24) is 23.3 Å². The number of hydrogen-bond acceptors (Lipinski definition) is 5. The van der Waals surface area contributed by atoms with Crippen molar-refractivity contribution in [3.05, 3.63) is 214 Å². The van der Waals surface area contributed by atoms with Crippen LogP contribution in [0.5, 0.6) is 0 Å². The van der Waals surface area contributed by atoms with E-state index in [1.54, 1.807) is 66.7 Å².